The minimum atomic E-state index is -3.79. The van der Waals surface area contributed by atoms with Crippen molar-refractivity contribution in [1.82, 2.24) is 4.31 Å². The molecule has 2 atom stereocenters. The van der Waals surface area contributed by atoms with Crippen molar-refractivity contribution in [3.63, 3.8) is 0 Å². The van der Waals surface area contributed by atoms with E-state index in [1.165, 1.54) is 23.4 Å². The Kier molecular flexibility index (Phi) is 5.34. The number of benzene rings is 1. The van der Waals surface area contributed by atoms with Crippen LogP contribution in [-0.2, 0) is 19.6 Å². The maximum absolute atomic E-state index is 12.9. The summed E-state index contributed by atoms with van der Waals surface area (Å²) in [6.45, 7) is 1.74. The van der Waals surface area contributed by atoms with E-state index in [0.29, 0.717) is 12.8 Å². The van der Waals surface area contributed by atoms with Crippen molar-refractivity contribution >= 4 is 16.0 Å². The van der Waals surface area contributed by atoms with Gasteiger partial charge < -0.3 is 4.74 Å². The Labute approximate surface area is 134 Å². The van der Waals surface area contributed by atoms with Crippen LogP contribution in [0.4, 0.5) is 4.39 Å². The summed E-state index contributed by atoms with van der Waals surface area (Å²) >= 11 is 0. The Bertz CT molecular complexity index is 712. The predicted octanol–water partition coefficient (Wildman–Crippen LogP) is 1.68. The summed E-state index contributed by atoms with van der Waals surface area (Å²) < 4.78 is 44.2. The number of esters is 1. The van der Waals surface area contributed by atoms with Crippen molar-refractivity contribution in [2.24, 2.45) is 5.92 Å². The van der Waals surface area contributed by atoms with Crippen LogP contribution in [0.3, 0.4) is 0 Å². The monoisotopic (exact) mass is 340 g/mol. The van der Waals surface area contributed by atoms with Crippen molar-refractivity contribution in [2.45, 2.75) is 30.8 Å². The zero-order valence-corrected chi connectivity index (χ0v) is 13.4. The van der Waals surface area contributed by atoms with Gasteiger partial charge in [-0.1, -0.05) is 0 Å². The number of rotatable bonds is 4. The predicted molar refractivity (Wildman–Crippen MR) is 79.0 cm³/mol. The summed E-state index contributed by atoms with van der Waals surface area (Å²) in [4.78, 5) is 12.0. The van der Waals surface area contributed by atoms with E-state index in [1.807, 2.05) is 0 Å². The van der Waals surface area contributed by atoms with Gasteiger partial charge in [0.15, 0.2) is 6.10 Å². The molecule has 0 spiro atoms. The van der Waals surface area contributed by atoms with Crippen LogP contribution in [-0.4, -0.2) is 37.9 Å². The lowest BCUT2D eigenvalue weighted by molar-refractivity contribution is -0.152. The van der Waals surface area contributed by atoms with Crippen molar-refractivity contribution < 1.29 is 22.3 Å². The lowest BCUT2D eigenvalue weighted by atomic mass is 10.00. The van der Waals surface area contributed by atoms with Crippen molar-refractivity contribution in [2.75, 3.05) is 13.1 Å². The first-order valence-corrected chi connectivity index (χ1v) is 8.64. The molecule has 1 aromatic carbocycles. The van der Waals surface area contributed by atoms with Crippen LogP contribution < -0.4 is 0 Å². The van der Waals surface area contributed by atoms with Gasteiger partial charge in [0, 0.05) is 13.1 Å². The molecule has 1 fully saturated rings. The van der Waals surface area contributed by atoms with Gasteiger partial charge >= 0.3 is 5.97 Å². The fraction of sp³-hybridized carbons (Fsp3) is 0.467. The van der Waals surface area contributed by atoms with Gasteiger partial charge in [0.05, 0.1) is 10.8 Å². The number of nitriles is 1. The zero-order chi connectivity index (χ0) is 17.0. The second-order valence-corrected chi connectivity index (χ2v) is 7.30. The second-order valence-electron chi connectivity index (χ2n) is 5.36. The normalized spacial score (nSPS) is 20.5. The lowest BCUT2D eigenvalue weighted by Crippen LogP contribution is -2.43. The Morgan fingerprint density at radius 2 is 2.09 bits per heavy atom. The maximum Gasteiger partial charge on any atom is 0.311 e. The van der Waals surface area contributed by atoms with E-state index < -0.39 is 33.8 Å². The van der Waals surface area contributed by atoms with Crippen LogP contribution in [0.1, 0.15) is 19.8 Å². The molecule has 1 saturated heterocycles. The molecule has 23 heavy (non-hydrogen) atoms. The minimum Gasteiger partial charge on any atom is -0.447 e. The number of piperidine rings is 1. The first-order valence-electron chi connectivity index (χ1n) is 7.20. The van der Waals surface area contributed by atoms with E-state index in [9.17, 15) is 17.6 Å². The summed E-state index contributed by atoms with van der Waals surface area (Å²) in [5.74, 6) is -1.69. The van der Waals surface area contributed by atoms with Crippen LogP contribution in [0.2, 0.25) is 0 Å². The molecule has 0 bridgehead atoms. The molecule has 0 radical (unpaired) electrons. The number of hydrogen-bond acceptors (Lipinski definition) is 5. The number of nitrogens with zero attached hydrogens (tertiary/aromatic N) is 2. The van der Waals surface area contributed by atoms with E-state index in [2.05, 4.69) is 0 Å². The molecule has 1 heterocycles. The molecular formula is C15H17FN2O4S. The number of carbonyl (C=O) groups excluding carboxylic acids is 1. The molecule has 0 saturated carbocycles. The molecule has 6 nitrogen and oxygen atoms in total. The van der Waals surface area contributed by atoms with Gasteiger partial charge in [-0.15, -0.1) is 0 Å². The molecule has 0 aromatic heterocycles. The second kappa shape index (κ2) is 7.06. The van der Waals surface area contributed by atoms with Crippen LogP contribution in [0.25, 0.3) is 0 Å². The van der Waals surface area contributed by atoms with E-state index in [-0.39, 0.29) is 18.0 Å². The van der Waals surface area contributed by atoms with E-state index in [1.54, 1.807) is 6.07 Å². The molecule has 0 N–H and O–H groups in total. The Hall–Kier alpha value is -1.98. The Morgan fingerprint density at radius 1 is 1.43 bits per heavy atom. The van der Waals surface area contributed by atoms with Gasteiger partial charge in [-0.2, -0.15) is 9.57 Å². The number of hydrogen-bond donors (Lipinski definition) is 0. The molecule has 0 amide bonds. The summed E-state index contributed by atoms with van der Waals surface area (Å²) in [6, 6.07) is 6.36. The summed E-state index contributed by atoms with van der Waals surface area (Å²) in [7, 11) is -3.79. The number of halogens is 1. The molecule has 2 rings (SSSR count). The number of ether oxygens (including phenoxy) is 1. The molecule has 0 aliphatic carbocycles. The summed E-state index contributed by atoms with van der Waals surface area (Å²) in [5, 5.41) is 8.67. The maximum atomic E-state index is 12.9. The average molecular weight is 340 g/mol. The first kappa shape index (κ1) is 17.4. The number of carbonyl (C=O) groups is 1. The SMILES string of the molecule is C[C@@H](C#N)OC(=O)[C@H]1CCCN(S(=O)(=O)c2ccc(F)cc2)C1. The number of sulfonamides is 1. The first-order chi connectivity index (χ1) is 10.8. The molecule has 124 valence electrons. The van der Waals surface area contributed by atoms with Crippen molar-refractivity contribution in [1.29, 1.82) is 5.26 Å². The molecular weight excluding hydrogens is 323 g/mol. The van der Waals surface area contributed by atoms with Crippen LogP contribution >= 0.6 is 0 Å². The minimum absolute atomic E-state index is 0.00328. The van der Waals surface area contributed by atoms with Gasteiger partial charge in [-0.3, -0.25) is 4.79 Å². The fourth-order valence-corrected chi connectivity index (χ4v) is 3.93. The van der Waals surface area contributed by atoms with E-state index in [0.717, 1.165) is 12.1 Å². The molecule has 1 aliphatic heterocycles. The smallest absolute Gasteiger partial charge is 0.311 e. The quantitative estimate of drug-likeness (QED) is 0.778. The van der Waals surface area contributed by atoms with Crippen LogP contribution in [0.5, 0.6) is 0 Å². The molecule has 1 aromatic rings. The third-order valence-electron chi connectivity index (χ3n) is 3.64. The Balaban J connectivity index is 2.13. The third kappa shape index (κ3) is 4.06. The Morgan fingerprint density at radius 3 is 2.70 bits per heavy atom. The van der Waals surface area contributed by atoms with Crippen LogP contribution in [0.15, 0.2) is 29.2 Å². The van der Waals surface area contributed by atoms with Crippen molar-refractivity contribution in [3.8, 4) is 6.07 Å². The zero-order valence-electron chi connectivity index (χ0n) is 12.6. The van der Waals surface area contributed by atoms with Gasteiger partial charge in [0.1, 0.15) is 11.9 Å². The topological polar surface area (TPSA) is 87.5 Å². The largest absolute Gasteiger partial charge is 0.447 e. The molecule has 8 heteroatoms. The standard InChI is InChI=1S/C15H17FN2O4S/c1-11(9-17)22-15(19)12-3-2-8-18(10-12)23(20,21)14-6-4-13(16)5-7-14/h4-7,11-12H,2-3,8,10H2,1H3/t11-,12-/m0/s1. The van der Waals surface area contributed by atoms with Gasteiger partial charge in [-0.05, 0) is 44.0 Å². The molecule has 1 aliphatic rings. The van der Waals surface area contributed by atoms with Gasteiger partial charge in [0.2, 0.25) is 10.0 Å². The molecule has 0 unspecified atom stereocenters. The highest BCUT2D eigenvalue weighted by atomic mass is 32.2. The van der Waals surface area contributed by atoms with Crippen LogP contribution in [0, 0.1) is 23.1 Å². The van der Waals surface area contributed by atoms with Crippen molar-refractivity contribution in [3.05, 3.63) is 30.1 Å². The fourth-order valence-electron chi connectivity index (χ4n) is 2.41. The highest BCUT2D eigenvalue weighted by Crippen LogP contribution is 2.25. The highest BCUT2D eigenvalue weighted by molar-refractivity contribution is 7.89. The third-order valence-corrected chi connectivity index (χ3v) is 5.52. The van der Waals surface area contributed by atoms with Gasteiger partial charge in [0.25, 0.3) is 0 Å². The van der Waals surface area contributed by atoms with E-state index in [4.69, 9.17) is 10.00 Å². The lowest BCUT2D eigenvalue weighted by Gasteiger charge is -2.30. The van der Waals surface area contributed by atoms with Gasteiger partial charge in [-0.25, -0.2) is 12.8 Å². The summed E-state index contributed by atoms with van der Waals surface area (Å²) in [5.41, 5.74) is 0. The highest BCUT2D eigenvalue weighted by Gasteiger charge is 2.34. The van der Waals surface area contributed by atoms with E-state index >= 15 is 0 Å². The average Bonchev–Trinajstić information content (AvgIpc) is 2.55. The summed E-state index contributed by atoms with van der Waals surface area (Å²) in [6.07, 6.45) is 0.152.